The molecule has 0 fully saturated rings. The molecule has 0 heterocycles. The molecule has 2 unspecified atom stereocenters. The van der Waals surface area contributed by atoms with Crippen LogP contribution in [0.25, 0.3) is 0 Å². The van der Waals surface area contributed by atoms with Crippen LogP contribution in [0, 0.1) is 12.8 Å². The van der Waals surface area contributed by atoms with Crippen LogP contribution in [0.1, 0.15) is 29.7 Å². The highest BCUT2D eigenvalue weighted by Crippen LogP contribution is 2.27. The van der Waals surface area contributed by atoms with Crippen LogP contribution in [-0.4, -0.2) is 5.11 Å². The molecule has 0 amide bonds. The van der Waals surface area contributed by atoms with Crippen molar-refractivity contribution >= 4 is 11.6 Å². The lowest BCUT2D eigenvalue weighted by molar-refractivity contribution is 0.117. The molecule has 2 rings (SSSR count). The zero-order valence-electron chi connectivity index (χ0n) is 11.3. The van der Waals surface area contributed by atoms with Crippen LogP contribution >= 0.6 is 11.6 Å². The smallest absolute Gasteiger partial charge is 0.0818 e. The maximum Gasteiger partial charge on any atom is 0.0818 e. The van der Waals surface area contributed by atoms with Crippen molar-refractivity contribution in [2.24, 2.45) is 5.92 Å². The number of aliphatic hydroxyl groups is 1. The maximum absolute atomic E-state index is 10.4. The quantitative estimate of drug-likeness (QED) is 0.866. The van der Waals surface area contributed by atoms with E-state index in [4.69, 9.17) is 11.6 Å². The summed E-state index contributed by atoms with van der Waals surface area (Å²) in [5.41, 5.74) is 3.21. The van der Waals surface area contributed by atoms with Gasteiger partial charge < -0.3 is 5.11 Å². The van der Waals surface area contributed by atoms with Gasteiger partial charge in [0.05, 0.1) is 6.10 Å². The van der Waals surface area contributed by atoms with Crippen LogP contribution in [0.15, 0.2) is 48.5 Å². The van der Waals surface area contributed by atoms with Crippen LogP contribution < -0.4 is 0 Å². The summed E-state index contributed by atoms with van der Waals surface area (Å²) in [6.45, 7) is 4.08. The van der Waals surface area contributed by atoms with Crippen molar-refractivity contribution in [3.8, 4) is 0 Å². The fourth-order valence-corrected chi connectivity index (χ4v) is 2.57. The molecular formula is C17H19ClO. The van der Waals surface area contributed by atoms with Gasteiger partial charge in [0.1, 0.15) is 0 Å². The van der Waals surface area contributed by atoms with Crippen molar-refractivity contribution in [3.63, 3.8) is 0 Å². The van der Waals surface area contributed by atoms with E-state index >= 15 is 0 Å². The second-order valence-electron chi connectivity index (χ2n) is 5.13. The Labute approximate surface area is 119 Å². The van der Waals surface area contributed by atoms with E-state index in [0.29, 0.717) is 0 Å². The Morgan fingerprint density at radius 2 is 1.79 bits per heavy atom. The normalized spacial score (nSPS) is 14.1. The lowest BCUT2D eigenvalue weighted by Gasteiger charge is -2.20. The Hall–Kier alpha value is -1.31. The second kappa shape index (κ2) is 6.23. The zero-order chi connectivity index (χ0) is 13.8. The molecule has 0 saturated heterocycles. The Morgan fingerprint density at radius 3 is 2.42 bits per heavy atom. The minimum absolute atomic E-state index is 0.127. The van der Waals surface area contributed by atoms with E-state index in [-0.39, 0.29) is 5.92 Å². The first-order chi connectivity index (χ1) is 9.08. The molecule has 0 bridgehead atoms. The van der Waals surface area contributed by atoms with Gasteiger partial charge in [-0.15, -0.1) is 0 Å². The van der Waals surface area contributed by atoms with Crippen molar-refractivity contribution < 1.29 is 5.11 Å². The molecule has 0 aliphatic heterocycles. The number of aliphatic hydroxyl groups excluding tert-OH is 1. The molecule has 0 saturated carbocycles. The minimum atomic E-state index is -0.460. The minimum Gasteiger partial charge on any atom is -0.388 e. The third kappa shape index (κ3) is 3.59. The Bertz CT molecular complexity index is 536. The summed E-state index contributed by atoms with van der Waals surface area (Å²) in [4.78, 5) is 0. The van der Waals surface area contributed by atoms with E-state index in [0.717, 1.165) is 28.1 Å². The van der Waals surface area contributed by atoms with Crippen LogP contribution in [-0.2, 0) is 6.42 Å². The van der Waals surface area contributed by atoms with E-state index in [1.165, 1.54) is 0 Å². The lowest BCUT2D eigenvalue weighted by atomic mass is 9.91. The van der Waals surface area contributed by atoms with E-state index in [1.807, 2.05) is 56.3 Å². The summed E-state index contributed by atoms with van der Waals surface area (Å²) in [5.74, 6) is 0.127. The highest BCUT2D eigenvalue weighted by atomic mass is 35.5. The number of halogens is 1. The monoisotopic (exact) mass is 274 g/mol. The average molecular weight is 275 g/mol. The van der Waals surface area contributed by atoms with E-state index < -0.39 is 6.10 Å². The predicted octanol–water partition coefficient (Wildman–Crippen LogP) is 4.56. The number of benzene rings is 2. The van der Waals surface area contributed by atoms with Gasteiger partial charge in [0.2, 0.25) is 0 Å². The van der Waals surface area contributed by atoms with Crippen LogP contribution in [0.5, 0.6) is 0 Å². The molecule has 100 valence electrons. The molecule has 19 heavy (non-hydrogen) atoms. The van der Waals surface area contributed by atoms with Gasteiger partial charge in [-0.2, -0.15) is 0 Å². The van der Waals surface area contributed by atoms with Crippen molar-refractivity contribution in [2.45, 2.75) is 26.4 Å². The number of hydrogen-bond donors (Lipinski definition) is 1. The standard InChI is InChI=1S/C17H19ClO/c1-12-8-9-15(16(18)10-12)11-13(2)17(19)14-6-4-3-5-7-14/h3-10,13,17,19H,11H2,1-2H3. The molecule has 1 nitrogen and oxygen atoms in total. The Morgan fingerprint density at radius 1 is 1.11 bits per heavy atom. The van der Waals surface area contributed by atoms with Crippen molar-refractivity contribution in [1.29, 1.82) is 0 Å². The fraction of sp³-hybridized carbons (Fsp3) is 0.294. The zero-order valence-corrected chi connectivity index (χ0v) is 12.1. The molecule has 0 aliphatic rings. The summed E-state index contributed by atoms with van der Waals surface area (Å²) in [5, 5.41) is 11.1. The Kier molecular flexibility index (Phi) is 4.62. The molecule has 0 radical (unpaired) electrons. The summed E-state index contributed by atoms with van der Waals surface area (Å²) >= 11 is 6.24. The predicted molar refractivity (Wildman–Crippen MR) is 80.5 cm³/mol. The van der Waals surface area contributed by atoms with Crippen LogP contribution in [0.3, 0.4) is 0 Å². The van der Waals surface area contributed by atoms with Gasteiger partial charge in [0.25, 0.3) is 0 Å². The first kappa shape index (κ1) is 14.1. The first-order valence-corrected chi connectivity index (χ1v) is 6.94. The third-order valence-electron chi connectivity index (χ3n) is 3.43. The summed E-state index contributed by atoms with van der Waals surface area (Å²) in [7, 11) is 0. The van der Waals surface area contributed by atoms with Gasteiger partial charge in [-0.3, -0.25) is 0 Å². The van der Waals surface area contributed by atoms with E-state index in [9.17, 15) is 5.11 Å². The third-order valence-corrected chi connectivity index (χ3v) is 3.78. The first-order valence-electron chi connectivity index (χ1n) is 6.56. The van der Waals surface area contributed by atoms with E-state index in [1.54, 1.807) is 0 Å². The lowest BCUT2D eigenvalue weighted by Crippen LogP contribution is -2.12. The van der Waals surface area contributed by atoms with Gasteiger partial charge in [0.15, 0.2) is 0 Å². The fourth-order valence-electron chi connectivity index (χ4n) is 2.26. The largest absolute Gasteiger partial charge is 0.388 e. The summed E-state index contributed by atoms with van der Waals surface area (Å²) in [6, 6.07) is 15.8. The second-order valence-corrected chi connectivity index (χ2v) is 5.54. The molecule has 2 aromatic rings. The number of hydrogen-bond acceptors (Lipinski definition) is 1. The molecule has 2 atom stereocenters. The van der Waals surface area contributed by atoms with Gasteiger partial charge >= 0.3 is 0 Å². The van der Waals surface area contributed by atoms with Gasteiger partial charge in [-0.05, 0) is 42.0 Å². The summed E-state index contributed by atoms with van der Waals surface area (Å²) < 4.78 is 0. The van der Waals surface area contributed by atoms with Crippen LogP contribution in [0.2, 0.25) is 5.02 Å². The van der Waals surface area contributed by atoms with Gasteiger partial charge in [-0.1, -0.05) is 61.0 Å². The van der Waals surface area contributed by atoms with E-state index in [2.05, 4.69) is 6.07 Å². The van der Waals surface area contributed by atoms with Crippen molar-refractivity contribution in [3.05, 3.63) is 70.2 Å². The number of aryl methyl sites for hydroxylation is 1. The van der Waals surface area contributed by atoms with Gasteiger partial charge in [-0.25, -0.2) is 0 Å². The molecule has 0 aliphatic carbocycles. The van der Waals surface area contributed by atoms with Gasteiger partial charge in [0, 0.05) is 5.02 Å². The molecule has 2 heteroatoms. The maximum atomic E-state index is 10.4. The molecular weight excluding hydrogens is 256 g/mol. The highest BCUT2D eigenvalue weighted by molar-refractivity contribution is 6.31. The topological polar surface area (TPSA) is 20.2 Å². The average Bonchev–Trinajstić information content (AvgIpc) is 2.42. The molecule has 1 N–H and O–H groups in total. The number of rotatable bonds is 4. The van der Waals surface area contributed by atoms with Crippen molar-refractivity contribution in [2.75, 3.05) is 0 Å². The summed E-state index contributed by atoms with van der Waals surface area (Å²) in [6.07, 6.45) is 0.313. The Balaban J connectivity index is 2.10. The molecule has 0 aromatic heterocycles. The molecule has 2 aromatic carbocycles. The highest BCUT2D eigenvalue weighted by Gasteiger charge is 2.17. The SMILES string of the molecule is Cc1ccc(CC(C)C(O)c2ccccc2)c(Cl)c1. The van der Waals surface area contributed by atoms with Crippen molar-refractivity contribution in [1.82, 2.24) is 0 Å². The van der Waals surface area contributed by atoms with Crippen LogP contribution in [0.4, 0.5) is 0 Å². The molecule has 0 spiro atoms.